The lowest BCUT2D eigenvalue weighted by atomic mass is 9.96. The first-order valence-electron chi connectivity index (χ1n) is 6.34. The van der Waals surface area contributed by atoms with Crippen LogP contribution in [0.25, 0.3) is 11.1 Å². The van der Waals surface area contributed by atoms with Gasteiger partial charge in [0.1, 0.15) is 5.75 Å². The molecule has 0 bridgehead atoms. The zero-order valence-corrected chi connectivity index (χ0v) is 10.6. The molecule has 3 rings (SSSR count). The van der Waals surface area contributed by atoms with Crippen LogP contribution in [0.4, 0.5) is 0 Å². The molecule has 2 aromatic rings. The number of nitrogens with two attached hydrogens (primary N) is 1. The maximum Gasteiger partial charge on any atom is 0.130 e. The Hall–Kier alpha value is -1.80. The van der Waals surface area contributed by atoms with Gasteiger partial charge in [-0.15, -0.1) is 0 Å². The summed E-state index contributed by atoms with van der Waals surface area (Å²) in [5, 5.41) is 0. The molecule has 0 atom stereocenters. The van der Waals surface area contributed by atoms with Crippen molar-refractivity contribution in [1.29, 1.82) is 0 Å². The number of aryl methyl sites for hydroxylation is 1. The quantitative estimate of drug-likeness (QED) is 0.874. The number of benzene rings is 2. The Balaban J connectivity index is 2.13. The van der Waals surface area contributed by atoms with Gasteiger partial charge in [0.05, 0.1) is 6.61 Å². The summed E-state index contributed by atoms with van der Waals surface area (Å²) in [6.07, 6.45) is 1.02. The molecule has 92 valence electrons. The Morgan fingerprint density at radius 2 is 2.06 bits per heavy atom. The molecule has 18 heavy (non-hydrogen) atoms. The maximum absolute atomic E-state index is 5.77. The first kappa shape index (κ1) is 11.3. The Kier molecular flexibility index (Phi) is 2.80. The molecular formula is C16H17NO. The second-order valence-electron chi connectivity index (χ2n) is 4.75. The van der Waals surface area contributed by atoms with Crippen LogP contribution < -0.4 is 10.5 Å². The number of hydrogen-bond donors (Lipinski definition) is 1. The summed E-state index contributed by atoms with van der Waals surface area (Å²) >= 11 is 0. The van der Waals surface area contributed by atoms with Gasteiger partial charge in [0.15, 0.2) is 0 Å². The van der Waals surface area contributed by atoms with Crippen molar-refractivity contribution >= 4 is 0 Å². The second kappa shape index (κ2) is 4.46. The largest absolute Gasteiger partial charge is 0.492 e. The molecule has 0 spiro atoms. The minimum Gasteiger partial charge on any atom is -0.492 e. The standard InChI is InChI=1S/C16H17NO/c1-11-9-12(10-17)5-6-14(11)15-4-2-3-13-7-8-18-16(13)15/h2-6,9H,7-8,10,17H2,1H3. The third kappa shape index (κ3) is 1.79. The summed E-state index contributed by atoms with van der Waals surface area (Å²) in [6.45, 7) is 3.51. The fourth-order valence-corrected chi connectivity index (χ4v) is 2.58. The van der Waals surface area contributed by atoms with E-state index in [9.17, 15) is 0 Å². The molecule has 1 heterocycles. The zero-order valence-electron chi connectivity index (χ0n) is 10.6. The number of para-hydroxylation sites is 1. The van der Waals surface area contributed by atoms with E-state index in [0.29, 0.717) is 6.54 Å². The molecule has 2 nitrogen and oxygen atoms in total. The van der Waals surface area contributed by atoms with E-state index in [1.54, 1.807) is 0 Å². The lowest BCUT2D eigenvalue weighted by molar-refractivity contribution is 0.358. The number of fused-ring (bicyclic) bond motifs is 1. The summed E-state index contributed by atoms with van der Waals surface area (Å²) in [5.41, 5.74) is 11.9. The van der Waals surface area contributed by atoms with E-state index in [1.165, 1.54) is 27.8 Å². The molecule has 2 aromatic carbocycles. The SMILES string of the molecule is Cc1cc(CN)ccc1-c1cccc2c1OCC2. The molecular weight excluding hydrogens is 222 g/mol. The van der Waals surface area contributed by atoms with E-state index in [0.717, 1.165) is 18.8 Å². The monoisotopic (exact) mass is 239 g/mol. The first-order chi connectivity index (χ1) is 8.79. The summed E-state index contributed by atoms with van der Waals surface area (Å²) in [5.74, 6) is 1.06. The van der Waals surface area contributed by atoms with Crippen molar-refractivity contribution in [2.75, 3.05) is 6.61 Å². The third-order valence-corrected chi connectivity index (χ3v) is 3.53. The van der Waals surface area contributed by atoms with Crippen LogP contribution in [0, 0.1) is 6.92 Å². The minimum atomic E-state index is 0.588. The van der Waals surface area contributed by atoms with Gasteiger partial charge in [-0.25, -0.2) is 0 Å². The highest BCUT2D eigenvalue weighted by Gasteiger charge is 2.17. The molecule has 0 fully saturated rings. The lowest BCUT2D eigenvalue weighted by Crippen LogP contribution is -1.97. The van der Waals surface area contributed by atoms with Crippen LogP contribution >= 0.6 is 0 Å². The molecule has 0 aromatic heterocycles. The molecule has 0 unspecified atom stereocenters. The smallest absolute Gasteiger partial charge is 0.130 e. The number of ether oxygens (including phenoxy) is 1. The summed E-state index contributed by atoms with van der Waals surface area (Å²) < 4.78 is 5.77. The molecule has 0 aliphatic carbocycles. The van der Waals surface area contributed by atoms with E-state index in [1.807, 2.05) is 0 Å². The predicted molar refractivity (Wildman–Crippen MR) is 73.7 cm³/mol. The van der Waals surface area contributed by atoms with E-state index < -0.39 is 0 Å². The lowest BCUT2D eigenvalue weighted by Gasteiger charge is -2.11. The zero-order chi connectivity index (χ0) is 12.5. The Bertz CT molecular complexity index is 590. The maximum atomic E-state index is 5.77. The van der Waals surface area contributed by atoms with Crippen LogP contribution in [-0.4, -0.2) is 6.61 Å². The van der Waals surface area contributed by atoms with Crippen molar-refractivity contribution in [1.82, 2.24) is 0 Å². The Labute approximate surface area is 107 Å². The predicted octanol–water partition coefficient (Wildman–Crippen LogP) is 3.06. The fraction of sp³-hybridized carbons (Fsp3) is 0.250. The Morgan fingerprint density at radius 1 is 1.17 bits per heavy atom. The van der Waals surface area contributed by atoms with Crippen LogP contribution in [0.1, 0.15) is 16.7 Å². The summed E-state index contributed by atoms with van der Waals surface area (Å²) in [7, 11) is 0. The van der Waals surface area contributed by atoms with Gasteiger partial charge in [-0.05, 0) is 29.2 Å². The highest BCUT2D eigenvalue weighted by atomic mass is 16.5. The van der Waals surface area contributed by atoms with Crippen molar-refractivity contribution in [3.05, 3.63) is 53.1 Å². The van der Waals surface area contributed by atoms with Crippen LogP contribution in [0.5, 0.6) is 5.75 Å². The van der Waals surface area contributed by atoms with Gasteiger partial charge in [0.2, 0.25) is 0 Å². The normalized spacial score (nSPS) is 13.2. The van der Waals surface area contributed by atoms with Crippen molar-refractivity contribution < 1.29 is 4.74 Å². The molecule has 1 aliphatic heterocycles. The van der Waals surface area contributed by atoms with Crippen LogP contribution in [0.15, 0.2) is 36.4 Å². The van der Waals surface area contributed by atoms with E-state index in [-0.39, 0.29) is 0 Å². The van der Waals surface area contributed by atoms with Crippen LogP contribution in [0.2, 0.25) is 0 Å². The van der Waals surface area contributed by atoms with Crippen LogP contribution in [0.3, 0.4) is 0 Å². The van der Waals surface area contributed by atoms with Crippen molar-refractivity contribution in [3.63, 3.8) is 0 Å². The van der Waals surface area contributed by atoms with Gasteiger partial charge in [-0.2, -0.15) is 0 Å². The minimum absolute atomic E-state index is 0.588. The van der Waals surface area contributed by atoms with Crippen molar-refractivity contribution in [2.45, 2.75) is 19.9 Å². The fourth-order valence-electron chi connectivity index (χ4n) is 2.58. The van der Waals surface area contributed by atoms with Crippen molar-refractivity contribution in [3.8, 4) is 16.9 Å². The van der Waals surface area contributed by atoms with Gasteiger partial charge in [0.25, 0.3) is 0 Å². The van der Waals surface area contributed by atoms with Gasteiger partial charge in [-0.1, -0.05) is 36.4 Å². The molecule has 0 saturated carbocycles. The third-order valence-electron chi connectivity index (χ3n) is 3.53. The summed E-state index contributed by atoms with van der Waals surface area (Å²) in [6, 6.07) is 12.8. The van der Waals surface area contributed by atoms with E-state index in [2.05, 4.69) is 43.3 Å². The molecule has 0 radical (unpaired) electrons. The van der Waals surface area contributed by atoms with E-state index >= 15 is 0 Å². The average Bonchev–Trinajstić information content (AvgIpc) is 2.87. The van der Waals surface area contributed by atoms with E-state index in [4.69, 9.17) is 10.5 Å². The topological polar surface area (TPSA) is 35.2 Å². The average molecular weight is 239 g/mol. The highest BCUT2D eigenvalue weighted by molar-refractivity contribution is 5.75. The van der Waals surface area contributed by atoms with Crippen molar-refractivity contribution in [2.24, 2.45) is 5.73 Å². The first-order valence-corrected chi connectivity index (χ1v) is 6.34. The molecule has 0 saturated heterocycles. The molecule has 1 aliphatic rings. The van der Waals surface area contributed by atoms with Crippen LogP contribution in [-0.2, 0) is 13.0 Å². The van der Waals surface area contributed by atoms with Gasteiger partial charge in [0, 0.05) is 18.5 Å². The molecule has 2 heteroatoms. The van der Waals surface area contributed by atoms with Gasteiger partial charge < -0.3 is 10.5 Å². The van der Waals surface area contributed by atoms with Gasteiger partial charge in [-0.3, -0.25) is 0 Å². The summed E-state index contributed by atoms with van der Waals surface area (Å²) in [4.78, 5) is 0. The Morgan fingerprint density at radius 3 is 2.83 bits per heavy atom. The molecule has 0 amide bonds. The number of hydrogen-bond acceptors (Lipinski definition) is 2. The number of rotatable bonds is 2. The second-order valence-corrected chi connectivity index (χ2v) is 4.75. The molecule has 2 N–H and O–H groups in total. The van der Waals surface area contributed by atoms with Gasteiger partial charge >= 0.3 is 0 Å². The highest BCUT2D eigenvalue weighted by Crippen LogP contribution is 2.38.